The topological polar surface area (TPSA) is 34.1 Å². The Bertz CT molecular complexity index is 2360. The molecule has 0 unspecified atom stereocenters. The quantitative estimate of drug-likeness (QED) is 0.154. The standard InChI is InChI=1S/C44H38N10.2Pt/c1-45(2)44-42(52-29-48(5)36-11-7-9-13-38(36)52)25-33(26-43(44)53-30-49(6)37-12-8-10-14-39(37)53)54-40-23-31(50-21-19-46(3)27-50)15-17-34(40)35-18-16-32(24-41(35)54)51-22-20-47(4)28-51;;/h7-22,27-30H,1-6H3;;/q-8;2*+4. The Kier molecular flexibility index (Phi) is 9.78. The Hall–Kier alpha value is -5.04. The van der Waals surface area contributed by atoms with Crippen molar-refractivity contribution in [3.05, 3.63) is 149 Å². The van der Waals surface area contributed by atoms with Crippen molar-refractivity contribution in [3.63, 3.8) is 0 Å². The average molecular weight is 1100 g/mol. The van der Waals surface area contributed by atoms with E-state index in [1.54, 1.807) is 0 Å². The summed E-state index contributed by atoms with van der Waals surface area (Å²) in [7, 11) is 12.4. The Balaban J connectivity index is 0.00000220. The number of anilines is 9. The van der Waals surface area contributed by atoms with E-state index in [9.17, 15) is 0 Å². The van der Waals surface area contributed by atoms with Crippen LogP contribution >= 0.6 is 0 Å². The molecule has 0 aliphatic carbocycles. The van der Waals surface area contributed by atoms with Crippen LogP contribution in [0.4, 0.5) is 51.2 Å². The summed E-state index contributed by atoms with van der Waals surface area (Å²) in [6.45, 7) is 8.39. The summed E-state index contributed by atoms with van der Waals surface area (Å²) in [5.74, 6) is 0. The minimum Gasteiger partial charge on any atom is -0.512 e. The van der Waals surface area contributed by atoms with Crippen molar-refractivity contribution in [3.8, 4) is 5.69 Å². The number of nitrogens with zero attached hydrogens (tertiary/aromatic N) is 10. The molecule has 4 aliphatic rings. The third-order valence-electron chi connectivity index (χ3n) is 10.3. The van der Waals surface area contributed by atoms with Crippen LogP contribution in [0.5, 0.6) is 0 Å². The van der Waals surface area contributed by atoms with Crippen LogP contribution in [0.15, 0.2) is 97.6 Å². The van der Waals surface area contributed by atoms with Gasteiger partial charge in [-0.2, -0.15) is 67.4 Å². The van der Waals surface area contributed by atoms with Crippen molar-refractivity contribution in [2.75, 3.05) is 76.6 Å². The molecule has 0 saturated heterocycles. The molecule has 56 heavy (non-hydrogen) atoms. The second-order valence-corrected chi connectivity index (χ2v) is 14.2. The van der Waals surface area contributed by atoms with Crippen LogP contribution in [0.2, 0.25) is 0 Å². The predicted molar refractivity (Wildman–Crippen MR) is 220 cm³/mol. The normalized spacial score (nSPS) is 15.8. The summed E-state index contributed by atoms with van der Waals surface area (Å²) in [5, 5.41) is 2.15. The van der Waals surface area contributed by atoms with Gasteiger partial charge >= 0.3 is 42.1 Å². The Morgan fingerprint density at radius 1 is 0.500 bits per heavy atom. The van der Waals surface area contributed by atoms with E-state index >= 15 is 0 Å². The molecule has 4 aliphatic heterocycles. The first-order valence-corrected chi connectivity index (χ1v) is 17.9. The number of para-hydroxylation sites is 4. The molecule has 0 spiro atoms. The fourth-order valence-corrected chi connectivity index (χ4v) is 7.81. The molecular weight excluding hydrogens is 1060 g/mol. The van der Waals surface area contributed by atoms with Crippen LogP contribution < -0.4 is 34.3 Å². The molecule has 0 N–H and O–H groups in total. The maximum Gasteiger partial charge on any atom is 4.00 e. The van der Waals surface area contributed by atoms with Crippen LogP contribution in [-0.2, 0) is 42.1 Å². The van der Waals surface area contributed by atoms with Gasteiger partial charge < -0.3 is 60.8 Å². The van der Waals surface area contributed by atoms with E-state index < -0.39 is 0 Å². The number of aromatic nitrogens is 1. The molecule has 10 rings (SSSR count). The average Bonchev–Trinajstić information content (AvgIpc) is 4.01. The second-order valence-electron chi connectivity index (χ2n) is 14.2. The van der Waals surface area contributed by atoms with Crippen molar-refractivity contribution in [2.45, 2.75) is 0 Å². The molecule has 0 saturated carbocycles. The van der Waals surface area contributed by atoms with Crippen molar-refractivity contribution >= 4 is 73.0 Å². The van der Waals surface area contributed by atoms with Crippen molar-refractivity contribution in [1.29, 1.82) is 0 Å². The maximum absolute atomic E-state index is 3.93. The summed E-state index contributed by atoms with van der Waals surface area (Å²) in [4.78, 5) is 19.2. The zero-order valence-corrected chi connectivity index (χ0v) is 36.2. The van der Waals surface area contributed by atoms with Gasteiger partial charge in [0.25, 0.3) is 0 Å². The van der Waals surface area contributed by atoms with Gasteiger partial charge in [0.1, 0.15) is 0 Å². The van der Waals surface area contributed by atoms with E-state index in [1.165, 1.54) is 0 Å². The number of rotatable bonds is 6. The van der Waals surface area contributed by atoms with Gasteiger partial charge in [-0.15, -0.1) is 23.5 Å². The number of fused-ring (bicyclic) bond motifs is 5. The molecule has 6 aromatic rings. The van der Waals surface area contributed by atoms with Crippen molar-refractivity contribution in [1.82, 2.24) is 14.4 Å². The maximum atomic E-state index is 3.93. The fourth-order valence-electron chi connectivity index (χ4n) is 7.81. The van der Waals surface area contributed by atoms with Crippen LogP contribution in [0.1, 0.15) is 0 Å². The zero-order valence-electron chi connectivity index (χ0n) is 31.7. The molecule has 10 nitrogen and oxygen atoms in total. The van der Waals surface area contributed by atoms with E-state index in [-0.39, 0.29) is 42.1 Å². The van der Waals surface area contributed by atoms with Gasteiger partial charge in [-0.3, -0.25) is 0 Å². The van der Waals surface area contributed by atoms with E-state index in [0.717, 1.165) is 78.7 Å². The van der Waals surface area contributed by atoms with E-state index in [0.29, 0.717) is 0 Å². The minimum atomic E-state index is 0. The SMILES string of the molecule is CN1C=CN(c2[c-]c3c(cc2)c2ccc(N4C=CN(C)[CH-]4)[c-]c2n3-c2[c-]c(N3[CH-]N(C)c4ccccc43)c(N(C)C)c(N3[CH-]N(C)c4ccccc43)[c-]2)[CH-]1.[Pt+4].[Pt+4]. The zero-order chi connectivity index (χ0) is 36.8. The first-order chi connectivity index (χ1) is 26.2. The van der Waals surface area contributed by atoms with Crippen LogP contribution in [0, 0.1) is 50.9 Å². The van der Waals surface area contributed by atoms with Crippen LogP contribution in [0.3, 0.4) is 0 Å². The number of hydrogen-bond acceptors (Lipinski definition) is 9. The Morgan fingerprint density at radius 3 is 1.32 bits per heavy atom. The largest absolute Gasteiger partial charge is 4.00 e. The molecule has 284 valence electrons. The first-order valence-electron chi connectivity index (χ1n) is 17.9. The van der Waals surface area contributed by atoms with Gasteiger partial charge in [-0.1, -0.05) is 35.3 Å². The van der Waals surface area contributed by atoms with Gasteiger partial charge in [0.05, 0.1) is 0 Å². The van der Waals surface area contributed by atoms with Crippen molar-refractivity contribution in [2.24, 2.45) is 0 Å². The van der Waals surface area contributed by atoms with Crippen molar-refractivity contribution < 1.29 is 42.1 Å². The van der Waals surface area contributed by atoms with Crippen LogP contribution in [0.25, 0.3) is 27.5 Å². The molecule has 5 aromatic carbocycles. The monoisotopic (exact) mass is 1100 g/mol. The van der Waals surface area contributed by atoms with E-state index in [4.69, 9.17) is 0 Å². The Labute approximate surface area is 358 Å². The van der Waals surface area contributed by atoms with Crippen LogP contribution in [-0.4, -0.2) is 56.7 Å². The van der Waals surface area contributed by atoms with E-state index in [1.807, 2.05) is 36.3 Å². The third kappa shape index (κ3) is 6.00. The molecular formula is C44H38N10Pt2. The summed E-state index contributed by atoms with van der Waals surface area (Å²) in [6, 6.07) is 41.1. The first kappa shape index (κ1) is 37.9. The molecule has 12 heteroatoms. The minimum absolute atomic E-state index is 0. The fraction of sp³-hybridized carbons (Fsp3) is 0.136. The van der Waals surface area contributed by atoms with Gasteiger partial charge in [-0.25, -0.2) is 17.1 Å². The molecule has 0 radical (unpaired) electrons. The molecule has 0 amide bonds. The predicted octanol–water partition coefficient (Wildman–Crippen LogP) is 8.14. The molecule has 5 heterocycles. The van der Waals surface area contributed by atoms with Gasteiger partial charge in [0, 0.05) is 22.7 Å². The van der Waals surface area contributed by atoms with Gasteiger partial charge in [0.2, 0.25) is 0 Å². The summed E-state index contributed by atoms with van der Waals surface area (Å²) >= 11 is 0. The second kappa shape index (κ2) is 14.5. The summed E-state index contributed by atoms with van der Waals surface area (Å²) in [5.41, 5.74) is 11.6. The molecule has 1 aromatic heterocycles. The third-order valence-corrected chi connectivity index (χ3v) is 10.3. The molecule has 0 fully saturated rings. The van der Waals surface area contributed by atoms with Gasteiger partial charge in [0.15, 0.2) is 0 Å². The molecule has 0 atom stereocenters. The molecule has 0 bridgehead atoms. The number of benzene rings is 5. The summed E-state index contributed by atoms with van der Waals surface area (Å²) in [6.07, 6.45) is 8.17. The smallest absolute Gasteiger partial charge is 0.512 e. The summed E-state index contributed by atoms with van der Waals surface area (Å²) < 4.78 is 2.23. The van der Waals surface area contributed by atoms with Gasteiger partial charge in [-0.05, 0) is 91.4 Å². The number of hydrogen-bond donors (Lipinski definition) is 0. The Morgan fingerprint density at radius 2 is 0.929 bits per heavy atom. The van der Waals surface area contributed by atoms with E-state index in [2.05, 4.69) is 203 Å².